The summed E-state index contributed by atoms with van der Waals surface area (Å²) in [6.45, 7) is 2.53. The van der Waals surface area contributed by atoms with Crippen molar-refractivity contribution in [1.82, 2.24) is 24.8 Å². The summed E-state index contributed by atoms with van der Waals surface area (Å²) in [5.74, 6) is 0.364. The summed E-state index contributed by atoms with van der Waals surface area (Å²) in [6.07, 6.45) is 0.811. The van der Waals surface area contributed by atoms with Gasteiger partial charge in [0.05, 0.1) is 10.4 Å². The highest BCUT2D eigenvalue weighted by Crippen LogP contribution is 2.21. The third kappa shape index (κ3) is 3.90. The van der Waals surface area contributed by atoms with Crippen molar-refractivity contribution in [3.05, 3.63) is 48.5 Å². The average Bonchev–Trinajstić information content (AvgIpc) is 2.98. The Balaban J connectivity index is 1.52. The SMILES string of the molecule is O=S(=O)(c1ccc(Nc2nnc3ccccc3n2)cc1)N1CCCNCC1. The second-order valence-electron chi connectivity index (χ2n) is 6.28. The lowest BCUT2D eigenvalue weighted by Gasteiger charge is -2.19. The molecule has 1 aromatic heterocycles. The Morgan fingerprint density at radius 1 is 0.926 bits per heavy atom. The molecule has 0 amide bonds. The third-order valence-electron chi connectivity index (χ3n) is 4.41. The fraction of sp³-hybridized carbons (Fsp3) is 0.278. The lowest BCUT2D eigenvalue weighted by atomic mass is 10.3. The molecule has 9 heteroatoms. The second kappa shape index (κ2) is 7.55. The van der Waals surface area contributed by atoms with Crippen LogP contribution in [-0.2, 0) is 10.0 Å². The van der Waals surface area contributed by atoms with Crippen LogP contribution in [0.4, 0.5) is 11.6 Å². The molecule has 4 rings (SSSR count). The van der Waals surface area contributed by atoms with E-state index in [4.69, 9.17) is 0 Å². The Labute approximate surface area is 157 Å². The highest BCUT2D eigenvalue weighted by molar-refractivity contribution is 7.89. The number of nitrogens with one attached hydrogen (secondary N) is 2. The number of aromatic nitrogens is 3. The van der Waals surface area contributed by atoms with Gasteiger partial charge in [0.2, 0.25) is 16.0 Å². The number of hydrogen-bond acceptors (Lipinski definition) is 7. The topological polar surface area (TPSA) is 100 Å². The second-order valence-corrected chi connectivity index (χ2v) is 8.22. The van der Waals surface area contributed by atoms with E-state index in [1.807, 2.05) is 24.3 Å². The van der Waals surface area contributed by atoms with E-state index in [-0.39, 0.29) is 4.90 Å². The van der Waals surface area contributed by atoms with Crippen molar-refractivity contribution in [3.8, 4) is 0 Å². The molecule has 1 aliphatic rings. The van der Waals surface area contributed by atoms with Gasteiger partial charge in [-0.15, -0.1) is 10.2 Å². The van der Waals surface area contributed by atoms with Crippen molar-refractivity contribution in [2.45, 2.75) is 11.3 Å². The summed E-state index contributed by atoms with van der Waals surface area (Å²) in [4.78, 5) is 4.69. The minimum absolute atomic E-state index is 0.285. The number of benzene rings is 2. The average molecular weight is 384 g/mol. The van der Waals surface area contributed by atoms with Crippen molar-refractivity contribution >= 4 is 32.7 Å². The van der Waals surface area contributed by atoms with Crippen LogP contribution in [0.15, 0.2) is 53.4 Å². The monoisotopic (exact) mass is 384 g/mol. The van der Waals surface area contributed by atoms with E-state index in [1.54, 1.807) is 24.3 Å². The maximum absolute atomic E-state index is 12.8. The van der Waals surface area contributed by atoms with Crippen LogP contribution in [0.1, 0.15) is 6.42 Å². The quantitative estimate of drug-likeness (QED) is 0.707. The number of fused-ring (bicyclic) bond motifs is 1. The molecule has 0 unspecified atom stereocenters. The first kappa shape index (κ1) is 17.8. The molecule has 8 nitrogen and oxygen atoms in total. The zero-order valence-electron chi connectivity index (χ0n) is 14.7. The van der Waals surface area contributed by atoms with Crippen LogP contribution < -0.4 is 10.6 Å². The third-order valence-corrected chi connectivity index (χ3v) is 6.32. The predicted molar refractivity (Wildman–Crippen MR) is 103 cm³/mol. The minimum atomic E-state index is -3.48. The number of para-hydroxylation sites is 1. The molecule has 1 saturated heterocycles. The van der Waals surface area contributed by atoms with E-state index < -0.39 is 10.0 Å². The van der Waals surface area contributed by atoms with E-state index in [9.17, 15) is 8.42 Å². The van der Waals surface area contributed by atoms with Gasteiger partial charge in [-0.1, -0.05) is 12.1 Å². The highest BCUT2D eigenvalue weighted by atomic mass is 32.2. The van der Waals surface area contributed by atoms with Crippen LogP contribution in [0, 0.1) is 0 Å². The van der Waals surface area contributed by atoms with Crippen molar-refractivity contribution in [3.63, 3.8) is 0 Å². The molecule has 0 aliphatic carbocycles. The standard InChI is InChI=1S/C18H20N6O2S/c25-27(26,24-12-3-10-19-11-13-24)15-8-6-14(7-9-15)20-18-21-16-4-1-2-5-17(16)22-23-18/h1-2,4-9,19H,3,10-13H2,(H,20,21,23). The molecule has 0 saturated carbocycles. The molecular weight excluding hydrogens is 364 g/mol. The van der Waals surface area contributed by atoms with Gasteiger partial charge in [-0.2, -0.15) is 4.31 Å². The minimum Gasteiger partial charge on any atom is -0.323 e. The maximum Gasteiger partial charge on any atom is 0.247 e. The molecule has 2 N–H and O–H groups in total. The van der Waals surface area contributed by atoms with E-state index in [1.165, 1.54) is 4.31 Å². The number of nitrogens with zero attached hydrogens (tertiary/aromatic N) is 4. The Bertz CT molecular complexity index is 1030. The summed E-state index contributed by atoms with van der Waals surface area (Å²) in [6, 6.07) is 14.1. The first-order chi connectivity index (χ1) is 13.1. The zero-order valence-corrected chi connectivity index (χ0v) is 15.5. The van der Waals surface area contributed by atoms with Crippen LogP contribution in [0.2, 0.25) is 0 Å². The normalized spacial score (nSPS) is 16.1. The van der Waals surface area contributed by atoms with Gasteiger partial charge in [0.1, 0.15) is 5.52 Å². The van der Waals surface area contributed by atoms with Crippen LogP contribution in [0.25, 0.3) is 11.0 Å². The van der Waals surface area contributed by atoms with Crippen LogP contribution in [-0.4, -0.2) is 54.1 Å². The molecule has 0 atom stereocenters. The lowest BCUT2D eigenvalue weighted by Crippen LogP contribution is -2.34. The molecular formula is C18H20N6O2S. The largest absolute Gasteiger partial charge is 0.323 e. The number of hydrogen-bond donors (Lipinski definition) is 2. The number of rotatable bonds is 4. The van der Waals surface area contributed by atoms with Crippen LogP contribution in [0.3, 0.4) is 0 Å². The van der Waals surface area contributed by atoms with Gasteiger partial charge in [0.25, 0.3) is 0 Å². The maximum atomic E-state index is 12.8. The smallest absolute Gasteiger partial charge is 0.247 e. The fourth-order valence-corrected chi connectivity index (χ4v) is 4.46. The highest BCUT2D eigenvalue weighted by Gasteiger charge is 2.24. The van der Waals surface area contributed by atoms with Gasteiger partial charge in [0.15, 0.2) is 0 Å². The lowest BCUT2D eigenvalue weighted by molar-refractivity contribution is 0.432. The molecule has 1 fully saturated rings. The number of anilines is 2. The Morgan fingerprint density at radius 2 is 1.70 bits per heavy atom. The van der Waals surface area contributed by atoms with Crippen LogP contribution >= 0.6 is 0 Å². The Morgan fingerprint density at radius 3 is 2.52 bits per heavy atom. The molecule has 27 heavy (non-hydrogen) atoms. The van der Waals surface area contributed by atoms with Gasteiger partial charge in [-0.3, -0.25) is 0 Å². The van der Waals surface area contributed by atoms with Gasteiger partial charge >= 0.3 is 0 Å². The van der Waals surface area contributed by atoms with E-state index in [0.717, 1.165) is 24.0 Å². The van der Waals surface area contributed by atoms with Gasteiger partial charge in [0, 0.05) is 25.3 Å². The Kier molecular flexibility index (Phi) is 4.97. The first-order valence-corrected chi connectivity index (χ1v) is 10.2. The molecule has 0 spiro atoms. The summed E-state index contributed by atoms with van der Waals surface area (Å²) in [5, 5.41) is 14.4. The van der Waals surface area contributed by atoms with Crippen LogP contribution in [0.5, 0.6) is 0 Å². The van der Waals surface area contributed by atoms with Crippen molar-refractivity contribution in [1.29, 1.82) is 0 Å². The van der Waals surface area contributed by atoms with E-state index in [0.29, 0.717) is 31.3 Å². The summed E-state index contributed by atoms with van der Waals surface area (Å²) in [5.41, 5.74) is 2.16. The van der Waals surface area contributed by atoms with Gasteiger partial charge in [-0.25, -0.2) is 13.4 Å². The summed E-state index contributed by atoms with van der Waals surface area (Å²) >= 11 is 0. The molecule has 1 aliphatic heterocycles. The number of sulfonamides is 1. The Hall–Kier alpha value is -2.62. The fourth-order valence-electron chi connectivity index (χ4n) is 2.98. The first-order valence-electron chi connectivity index (χ1n) is 8.80. The van der Waals surface area contributed by atoms with Crippen molar-refractivity contribution in [2.24, 2.45) is 0 Å². The van der Waals surface area contributed by atoms with Crippen molar-refractivity contribution < 1.29 is 8.42 Å². The molecule has 2 aromatic carbocycles. The summed E-state index contributed by atoms with van der Waals surface area (Å²) < 4.78 is 27.1. The predicted octanol–water partition coefficient (Wildman–Crippen LogP) is 1.75. The molecule has 3 aromatic rings. The zero-order chi connectivity index (χ0) is 18.7. The van der Waals surface area contributed by atoms with Crippen molar-refractivity contribution in [2.75, 3.05) is 31.5 Å². The van der Waals surface area contributed by atoms with Gasteiger partial charge < -0.3 is 10.6 Å². The van der Waals surface area contributed by atoms with E-state index in [2.05, 4.69) is 25.8 Å². The van der Waals surface area contributed by atoms with Gasteiger partial charge in [-0.05, 0) is 49.4 Å². The summed E-state index contributed by atoms with van der Waals surface area (Å²) in [7, 11) is -3.48. The molecule has 140 valence electrons. The molecule has 0 radical (unpaired) electrons. The van der Waals surface area contributed by atoms with E-state index >= 15 is 0 Å². The molecule has 0 bridgehead atoms. The molecule has 2 heterocycles.